The summed E-state index contributed by atoms with van der Waals surface area (Å²) in [6.45, 7) is 3.82. The Bertz CT molecular complexity index is 167. The number of carbonyl (C=O) groups excluding carboxylic acids is 1. The van der Waals surface area contributed by atoms with Crippen LogP contribution in [0.15, 0.2) is 0 Å². The number of hydrogen-bond acceptors (Lipinski definition) is 3. The van der Waals surface area contributed by atoms with Crippen molar-refractivity contribution in [1.82, 2.24) is 0 Å². The zero-order valence-corrected chi connectivity index (χ0v) is 7.22. The van der Waals surface area contributed by atoms with Crippen LogP contribution in [0.2, 0.25) is 0 Å². The van der Waals surface area contributed by atoms with Gasteiger partial charge in [-0.2, -0.15) is 0 Å². The highest BCUT2D eigenvalue weighted by atomic mass is 16.7. The van der Waals surface area contributed by atoms with Crippen LogP contribution in [0, 0.1) is 5.92 Å². The molecule has 3 nitrogen and oxygen atoms in total. The first kappa shape index (κ1) is 8.53. The molecule has 0 aromatic carbocycles. The Kier molecular flexibility index (Phi) is 2.18. The van der Waals surface area contributed by atoms with Gasteiger partial charge < -0.3 is 9.47 Å². The lowest BCUT2D eigenvalue weighted by Gasteiger charge is -2.37. The summed E-state index contributed by atoms with van der Waals surface area (Å²) in [4.78, 5) is 10.9. The smallest absolute Gasteiger partial charge is 0.308 e. The maximum atomic E-state index is 10.9. The Hall–Kier alpha value is -0.570. The molecule has 1 saturated heterocycles. The number of hydrogen-bond donors (Lipinski definition) is 0. The van der Waals surface area contributed by atoms with Gasteiger partial charge in [0.15, 0.2) is 0 Å². The van der Waals surface area contributed by atoms with Gasteiger partial charge in [0.1, 0.15) is 0 Å². The maximum absolute atomic E-state index is 10.9. The van der Waals surface area contributed by atoms with Crippen LogP contribution in [-0.4, -0.2) is 18.9 Å². The number of methoxy groups -OCH3 is 1. The van der Waals surface area contributed by atoms with Crippen LogP contribution >= 0.6 is 0 Å². The Labute approximate surface area is 66.7 Å². The van der Waals surface area contributed by atoms with Gasteiger partial charge in [0.2, 0.25) is 5.79 Å². The van der Waals surface area contributed by atoms with Gasteiger partial charge in [-0.05, 0) is 6.42 Å². The fraction of sp³-hybridized carbons (Fsp3) is 0.875. The molecular formula is C8H14O3. The fourth-order valence-corrected chi connectivity index (χ4v) is 1.22. The Morgan fingerprint density at radius 2 is 2.36 bits per heavy atom. The largest absolute Gasteiger partial charge is 0.433 e. The summed E-state index contributed by atoms with van der Waals surface area (Å²) in [7, 11) is 1.56. The topological polar surface area (TPSA) is 35.5 Å². The highest BCUT2D eigenvalue weighted by Crippen LogP contribution is 2.31. The summed E-state index contributed by atoms with van der Waals surface area (Å²) in [6.07, 6.45) is 1.36. The third-order valence-electron chi connectivity index (χ3n) is 2.40. The third kappa shape index (κ3) is 1.53. The summed E-state index contributed by atoms with van der Waals surface area (Å²) >= 11 is 0. The number of carbonyl (C=O) groups is 1. The zero-order chi connectivity index (χ0) is 8.48. The average molecular weight is 158 g/mol. The SMILES string of the molecule is COC1(C)OC(=O)CCC1C. The van der Waals surface area contributed by atoms with Crippen molar-refractivity contribution in [1.29, 1.82) is 0 Å². The van der Waals surface area contributed by atoms with Crippen molar-refractivity contribution in [2.45, 2.75) is 32.5 Å². The number of esters is 1. The fourth-order valence-electron chi connectivity index (χ4n) is 1.22. The second kappa shape index (κ2) is 2.81. The summed E-state index contributed by atoms with van der Waals surface area (Å²) in [5.74, 6) is -0.576. The molecule has 1 fully saturated rings. The molecule has 2 unspecified atom stereocenters. The predicted octanol–water partition coefficient (Wildman–Crippen LogP) is 1.32. The number of ether oxygens (including phenoxy) is 2. The second-order valence-corrected chi connectivity index (χ2v) is 3.13. The maximum Gasteiger partial charge on any atom is 0.308 e. The summed E-state index contributed by atoms with van der Waals surface area (Å²) in [5.41, 5.74) is 0. The van der Waals surface area contributed by atoms with Crippen molar-refractivity contribution < 1.29 is 14.3 Å². The van der Waals surface area contributed by atoms with Crippen LogP contribution in [0.3, 0.4) is 0 Å². The molecule has 1 rings (SSSR count). The van der Waals surface area contributed by atoms with Gasteiger partial charge in [0.25, 0.3) is 0 Å². The molecule has 1 heterocycles. The summed E-state index contributed by atoms with van der Waals surface area (Å²) in [5, 5.41) is 0. The lowest BCUT2D eigenvalue weighted by molar-refractivity contribution is -0.246. The van der Waals surface area contributed by atoms with E-state index in [1.165, 1.54) is 0 Å². The van der Waals surface area contributed by atoms with Crippen molar-refractivity contribution >= 4 is 5.97 Å². The number of cyclic esters (lactones) is 1. The molecule has 0 bridgehead atoms. The van der Waals surface area contributed by atoms with E-state index in [-0.39, 0.29) is 11.9 Å². The molecule has 1 aliphatic heterocycles. The second-order valence-electron chi connectivity index (χ2n) is 3.13. The van der Waals surface area contributed by atoms with Gasteiger partial charge in [-0.25, -0.2) is 0 Å². The summed E-state index contributed by atoms with van der Waals surface area (Å²) < 4.78 is 10.2. The van der Waals surface area contributed by atoms with Crippen molar-refractivity contribution in [2.24, 2.45) is 5.92 Å². The molecule has 0 N–H and O–H groups in total. The van der Waals surface area contributed by atoms with Gasteiger partial charge >= 0.3 is 5.97 Å². The average Bonchev–Trinajstić information content (AvgIpc) is 1.98. The quantitative estimate of drug-likeness (QED) is 0.540. The third-order valence-corrected chi connectivity index (χ3v) is 2.40. The molecule has 11 heavy (non-hydrogen) atoms. The molecule has 0 aliphatic carbocycles. The Morgan fingerprint density at radius 1 is 1.73 bits per heavy atom. The molecule has 3 heteroatoms. The van der Waals surface area contributed by atoms with Crippen LogP contribution in [0.25, 0.3) is 0 Å². The first-order valence-electron chi connectivity index (χ1n) is 3.85. The highest BCUT2D eigenvalue weighted by molar-refractivity contribution is 5.70. The standard InChI is InChI=1S/C8H14O3/c1-6-4-5-7(9)11-8(6,2)10-3/h6H,4-5H2,1-3H3. The summed E-state index contributed by atoms with van der Waals surface area (Å²) in [6, 6.07) is 0. The number of rotatable bonds is 1. The van der Waals surface area contributed by atoms with E-state index in [2.05, 4.69) is 0 Å². The van der Waals surface area contributed by atoms with Gasteiger partial charge in [-0.3, -0.25) is 4.79 Å². The van der Waals surface area contributed by atoms with Crippen LogP contribution in [-0.2, 0) is 14.3 Å². The zero-order valence-electron chi connectivity index (χ0n) is 7.22. The molecule has 64 valence electrons. The molecule has 0 amide bonds. The molecule has 0 radical (unpaired) electrons. The minimum Gasteiger partial charge on any atom is -0.433 e. The van der Waals surface area contributed by atoms with Crippen molar-refractivity contribution in [2.75, 3.05) is 7.11 Å². The van der Waals surface area contributed by atoms with Crippen LogP contribution in [0.5, 0.6) is 0 Å². The van der Waals surface area contributed by atoms with E-state index in [1.807, 2.05) is 6.92 Å². The Balaban J connectivity index is 2.67. The molecular weight excluding hydrogens is 144 g/mol. The Morgan fingerprint density at radius 3 is 2.82 bits per heavy atom. The van der Waals surface area contributed by atoms with E-state index in [1.54, 1.807) is 14.0 Å². The first-order valence-corrected chi connectivity index (χ1v) is 3.85. The molecule has 2 atom stereocenters. The van der Waals surface area contributed by atoms with E-state index in [0.717, 1.165) is 6.42 Å². The molecule has 0 saturated carbocycles. The molecule has 0 spiro atoms. The van der Waals surface area contributed by atoms with E-state index in [4.69, 9.17) is 9.47 Å². The monoisotopic (exact) mass is 158 g/mol. The van der Waals surface area contributed by atoms with Gasteiger partial charge in [0.05, 0.1) is 0 Å². The van der Waals surface area contributed by atoms with Crippen LogP contribution in [0.4, 0.5) is 0 Å². The minimum absolute atomic E-state index is 0.160. The lowest BCUT2D eigenvalue weighted by atomic mass is 9.94. The van der Waals surface area contributed by atoms with E-state index >= 15 is 0 Å². The van der Waals surface area contributed by atoms with Gasteiger partial charge in [-0.15, -0.1) is 0 Å². The van der Waals surface area contributed by atoms with E-state index in [9.17, 15) is 4.79 Å². The lowest BCUT2D eigenvalue weighted by Crippen LogP contribution is -2.44. The van der Waals surface area contributed by atoms with Gasteiger partial charge in [-0.1, -0.05) is 6.92 Å². The van der Waals surface area contributed by atoms with Crippen molar-refractivity contribution in [3.8, 4) is 0 Å². The van der Waals surface area contributed by atoms with E-state index in [0.29, 0.717) is 6.42 Å². The van der Waals surface area contributed by atoms with E-state index < -0.39 is 5.79 Å². The van der Waals surface area contributed by atoms with Crippen molar-refractivity contribution in [3.05, 3.63) is 0 Å². The van der Waals surface area contributed by atoms with Crippen LogP contribution < -0.4 is 0 Å². The van der Waals surface area contributed by atoms with Gasteiger partial charge in [0, 0.05) is 26.4 Å². The normalized spacial score (nSPS) is 38.5. The van der Waals surface area contributed by atoms with Crippen molar-refractivity contribution in [3.63, 3.8) is 0 Å². The minimum atomic E-state index is -0.699. The van der Waals surface area contributed by atoms with Crippen LogP contribution in [0.1, 0.15) is 26.7 Å². The molecule has 0 aromatic rings. The molecule has 0 aromatic heterocycles. The highest BCUT2D eigenvalue weighted by Gasteiger charge is 2.39. The molecule has 1 aliphatic rings. The predicted molar refractivity (Wildman–Crippen MR) is 39.9 cm³/mol. The first-order chi connectivity index (χ1) is 5.08.